The van der Waals surface area contributed by atoms with Crippen LogP contribution in [-0.4, -0.2) is 44.1 Å². The molecule has 0 heterocycles. The minimum Gasteiger partial charge on any atom is -0.478 e. The number of sulfone groups is 1. The molecule has 80 valence electrons. The van der Waals surface area contributed by atoms with Crippen LogP contribution in [0.3, 0.4) is 0 Å². The second kappa shape index (κ2) is 5.38. The van der Waals surface area contributed by atoms with Gasteiger partial charge in [-0.2, -0.15) is 0 Å². The Morgan fingerprint density at radius 1 is 1.36 bits per heavy atom. The highest BCUT2D eigenvalue weighted by Gasteiger charge is 2.04. The molecule has 0 aliphatic carbocycles. The van der Waals surface area contributed by atoms with Gasteiger partial charge in [0.1, 0.15) is 6.61 Å². The third kappa shape index (κ3) is 8.72. The van der Waals surface area contributed by atoms with Crippen molar-refractivity contribution in [3.63, 3.8) is 0 Å². The van der Waals surface area contributed by atoms with Gasteiger partial charge in [0, 0.05) is 18.4 Å². The fourth-order valence-corrected chi connectivity index (χ4v) is 0.867. The van der Waals surface area contributed by atoms with Crippen molar-refractivity contribution in [3.8, 4) is 0 Å². The van der Waals surface area contributed by atoms with Crippen LogP contribution in [0.1, 0.15) is 0 Å². The first-order valence-corrected chi connectivity index (χ1v) is 5.63. The van der Waals surface area contributed by atoms with E-state index >= 15 is 0 Å². The van der Waals surface area contributed by atoms with Gasteiger partial charge in [-0.25, -0.2) is 18.0 Å². The van der Waals surface area contributed by atoms with E-state index in [4.69, 9.17) is 5.11 Å². The van der Waals surface area contributed by atoms with Crippen molar-refractivity contribution in [3.05, 3.63) is 12.2 Å². The molecule has 0 radical (unpaired) electrons. The van der Waals surface area contributed by atoms with Crippen molar-refractivity contribution in [2.75, 3.05) is 18.6 Å². The van der Waals surface area contributed by atoms with E-state index in [1.807, 2.05) is 0 Å². The minimum atomic E-state index is -3.17. The number of carboxylic acid groups (broad SMARTS) is 1. The first kappa shape index (κ1) is 12.6. The number of carboxylic acids is 1. The number of hydrogen-bond donors (Lipinski definition) is 1. The van der Waals surface area contributed by atoms with E-state index in [0.29, 0.717) is 12.2 Å². The van der Waals surface area contributed by atoms with Crippen molar-refractivity contribution in [2.45, 2.75) is 0 Å². The molecule has 0 saturated heterocycles. The lowest BCUT2D eigenvalue weighted by molar-refractivity contribution is -0.138. The number of carbonyl (C=O) groups is 2. The highest BCUT2D eigenvalue weighted by atomic mass is 32.2. The molecule has 0 aromatic heterocycles. The third-order valence-electron chi connectivity index (χ3n) is 1.06. The number of hydrogen-bond acceptors (Lipinski definition) is 5. The van der Waals surface area contributed by atoms with E-state index in [-0.39, 0.29) is 12.4 Å². The topological polar surface area (TPSA) is 97.7 Å². The molecule has 0 atom stereocenters. The minimum absolute atomic E-state index is 0.276. The van der Waals surface area contributed by atoms with Crippen LogP contribution < -0.4 is 0 Å². The molecule has 0 bridgehead atoms. The second-order valence-corrected chi connectivity index (χ2v) is 4.73. The Bertz CT molecular complexity index is 339. The van der Waals surface area contributed by atoms with Gasteiger partial charge in [-0.3, -0.25) is 0 Å². The van der Waals surface area contributed by atoms with Gasteiger partial charge in [0.15, 0.2) is 9.84 Å². The van der Waals surface area contributed by atoms with Gasteiger partial charge < -0.3 is 9.84 Å². The SMILES string of the molecule is CS(=O)(=O)CCOC(=O)/C=C/C(=O)O. The molecular formula is C7H10O6S. The average Bonchev–Trinajstić information content (AvgIpc) is 1.98. The maximum atomic E-state index is 10.7. The molecule has 7 heteroatoms. The van der Waals surface area contributed by atoms with Crippen LogP contribution in [0.15, 0.2) is 12.2 Å². The van der Waals surface area contributed by atoms with Crippen LogP contribution in [0.25, 0.3) is 0 Å². The fourth-order valence-electron chi connectivity index (χ4n) is 0.481. The zero-order valence-electron chi connectivity index (χ0n) is 7.47. The number of rotatable bonds is 5. The summed E-state index contributed by atoms with van der Waals surface area (Å²) in [6.45, 7) is -0.276. The van der Waals surface area contributed by atoms with Crippen molar-refractivity contribution < 1.29 is 27.9 Å². The molecule has 0 amide bonds. The predicted molar refractivity (Wildman–Crippen MR) is 47.4 cm³/mol. The second-order valence-electron chi connectivity index (χ2n) is 2.47. The van der Waals surface area contributed by atoms with Crippen LogP contribution in [0.4, 0.5) is 0 Å². The van der Waals surface area contributed by atoms with Crippen LogP contribution in [0.2, 0.25) is 0 Å². The molecular weight excluding hydrogens is 212 g/mol. The molecule has 0 aromatic carbocycles. The Morgan fingerprint density at radius 2 is 1.93 bits per heavy atom. The zero-order valence-corrected chi connectivity index (χ0v) is 8.28. The predicted octanol–water partition coefficient (Wildman–Crippen LogP) is -0.785. The molecule has 0 fully saturated rings. The molecule has 6 nitrogen and oxygen atoms in total. The summed E-state index contributed by atoms with van der Waals surface area (Å²) in [5.41, 5.74) is 0. The number of carbonyl (C=O) groups excluding carboxylic acids is 1. The normalized spacial score (nSPS) is 11.5. The van der Waals surface area contributed by atoms with Crippen molar-refractivity contribution in [2.24, 2.45) is 0 Å². The molecule has 0 rings (SSSR count). The van der Waals surface area contributed by atoms with E-state index in [2.05, 4.69) is 4.74 Å². The molecule has 0 aromatic rings. The maximum Gasteiger partial charge on any atom is 0.331 e. The highest BCUT2D eigenvalue weighted by molar-refractivity contribution is 7.90. The monoisotopic (exact) mass is 222 g/mol. The number of aliphatic carboxylic acids is 1. The van der Waals surface area contributed by atoms with Crippen LogP contribution in [0, 0.1) is 0 Å². The summed E-state index contributed by atoms with van der Waals surface area (Å²) in [5, 5.41) is 8.13. The van der Waals surface area contributed by atoms with Gasteiger partial charge in [0.25, 0.3) is 0 Å². The first-order chi connectivity index (χ1) is 6.31. The van der Waals surface area contributed by atoms with Crippen molar-refractivity contribution >= 4 is 21.8 Å². The summed E-state index contributed by atoms with van der Waals surface area (Å²) in [7, 11) is -3.17. The lowest BCUT2D eigenvalue weighted by Crippen LogP contribution is -2.13. The smallest absolute Gasteiger partial charge is 0.331 e. The quantitative estimate of drug-likeness (QED) is 0.483. The zero-order chi connectivity index (χ0) is 11.2. The molecule has 0 aliphatic rings. The largest absolute Gasteiger partial charge is 0.478 e. The standard InChI is InChI=1S/C7H10O6S/c1-14(11,12)5-4-13-7(10)3-2-6(8)9/h2-3H,4-5H2,1H3,(H,8,9)/b3-2+. The Kier molecular flexibility index (Phi) is 4.85. The number of esters is 1. The van der Waals surface area contributed by atoms with E-state index in [0.717, 1.165) is 6.26 Å². The van der Waals surface area contributed by atoms with Crippen LogP contribution in [-0.2, 0) is 24.2 Å². The molecule has 14 heavy (non-hydrogen) atoms. The van der Waals surface area contributed by atoms with Crippen LogP contribution >= 0.6 is 0 Å². The Labute approximate surface area is 81.1 Å². The maximum absolute atomic E-state index is 10.7. The Balaban J connectivity index is 3.82. The first-order valence-electron chi connectivity index (χ1n) is 3.57. The fraction of sp³-hybridized carbons (Fsp3) is 0.429. The summed E-state index contributed by atoms with van der Waals surface area (Å²) in [6.07, 6.45) is 2.33. The van der Waals surface area contributed by atoms with Gasteiger partial charge in [0.05, 0.1) is 5.75 Å². The van der Waals surface area contributed by atoms with Gasteiger partial charge in [0.2, 0.25) is 0 Å². The summed E-state index contributed by atoms with van der Waals surface area (Å²) < 4.78 is 25.6. The molecule has 0 saturated carbocycles. The van der Waals surface area contributed by atoms with E-state index < -0.39 is 21.8 Å². The van der Waals surface area contributed by atoms with E-state index in [9.17, 15) is 18.0 Å². The average molecular weight is 222 g/mol. The molecule has 0 spiro atoms. The molecule has 0 aliphatic heterocycles. The molecule has 1 N–H and O–H groups in total. The van der Waals surface area contributed by atoms with Crippen molar-refractivity contribution in [1.29, 1.82) is 0 Å². The Hall–Kier alpha value is -1.37. The number of ether oxygens (including phenoxy) is 1. The van der Waals surface area contributed by atoms with E-state index in [1.54, 1.807) is 0 Å². The summed E-state index contributed by atoms with van der Waals surface area (Å²) in [5.74, 6) is -2.43. The van der Waals surface area contributed by atoms with Crippen molar-refractivity contribution in [1.82, 2.24) is 0 Å². The third-order valence-corrected chi connectivity index (χ3v) is 1.97. The van der Waals surface area contributed by atoms with E-state index in [1.165, 1.54) is 0 Å². The lowest BCUT2D eigenvalue weighted by atomic mass is 10.5. The van der Waals surface area contributed by atoms with Gasteiger partial charge in [-0.05, 0) is 0 Å². The molecule has 0 unspecified atom stereocenters. The lowest BCUT2D eigenvalue weighted by Gasteiger charge is -1.99. The van der Waals surface area contributed by atoms with Gasteiger partial charge in [-0.15, -0.1) is 0 Å². The van der Waals surface area contributed by atoms with Gasteiger partial charge in [-0.1, -0.05) is 0 Å². The van der Waals surface area contributed by atoms with Gasteiger partial charge >= 0.3 is 11.9 Å². The highest BCUT2D eigenvalue weighted by Crippen LogP contribution is 1.86. The summed E-state index contributed by atoms with van der Waals surface area (Å²) in [6, 6.07) is 0. The summed E-state index contributed by atoms with van der Waals surface area (Å²) >= 11 is 0. The summed E-state index contributed by atoms with van der Waals surface area (Å²) in [4.78, 5) is 20.6. The Morgan fingerprint density at radius 3 is 2.36 bits per heavy atom. The van der Waals surface area contributed by atoms with Crippen LogP contribution in [0.5, 0.6) is 0 Å².